The summed E-state index contributed by atoms with van der Waals surface area (Å²) in [6.45, 7) is 3.16. The van der Waals surface area contributed by atoms with Gasteiger partial charge in [0.05, 0.1) is 17.6 Å². The van der Waals surface area contributed by atoms with Crippen LogP contribution in [0.5, 0.6) is 11.5 Å². The van der Waals surface area contributed by atoms with Crippen molar-refractivity contribution in [2.45, 2.75) is 6.92 Å². The zero-order valence-corrected chi connectivity index (χ0v) is 17.2. The minimum Gasteiger partial charge on any atom is -0.486 e. The van der Waals surface area contributed by atoms with E-state index in [4.69, 9.17) is 14.6 Å². The first kappa shape index (κ1) is 18.9. The van der Waals surface area contributed by atoms with Gasteiger partial charge in [-0.2, -0.15) is 10.2 Å². The van der Waals surface area contributed by atoms with Crippen LogP contribution in [0.4, 0.5) is 5.69 Å². The lowest BCUT2D eigenvalue weighted by atomic mass is 10.1. The first-order valence-electron chi connectivity index (χ1n) is 10.2. The van der Waals surface area contributed by atoms with Crippen LogP contribution in [0.15, 0.2) is 84.1 Å². The van der Waals surface area contributed by atoms with Crippen molar-refractivity contribution < 1.29 is 9.47 Å². The molecule has 1 aliphatic heterocycles. The Hall–Kier alpha value is -4.06. The highest BCUT2D eigenvalue weighted by atomic mass is 16.6. The minimum absolute atomic E-state index is 0.545. The molecule has 6 nitrogen and oxygen atoms in total. The lowest BCUT2D eigenvalue weighted by Crippen LogP contribution is -2.15. The number of hydrazone groups is 1. The molecule has 0 fully saturated rings. The second kappa shape index (κ2) is 8.36. The van der Waals surface area contributed by atoms with E-state index in [9.17, 15) is 0 Å². The molecule has 0 bridgehead atoms. The maximum absolute atomic E-state index is 5.76. The fourth-order valence-electron chi connectivity index (χ4n) is 3.48. The third-order valence-electron chi connectivity index (χ3n) is 5.11. The minimum atomic E-state index is 0.545. The van der Waals surface area contributed by atoms with Gasteiger partial charge < -0.3 is 9.47 Å². The molecule has 154 valence electrons. The van der Waals surface area contributed by atoms with Gasteiger partial charge in [-0.25, -0.2) is 4.68 Å². The highest BCUT2D eigenvalue weighted by Crippen LogP contribution is 2.35. The number of benzene rings is 3. The molecule has 0 atom stereocenters. The zero-order chi connectivity index (χ0) is 21.0. The Bertz CT molecular complexity index is 1230. The number of hydrogen-bond donors (Lipinski definition) is 1. The smallest absolute Gasteiger partial charge is 0.162 e. The van der Waals surface area contributed by atoms with Crippen molar-refractivity contribution >= 4 is 11.9 Å². The first-order valence-corrected chi connectivity index (χ1v) is 10.2. The topological polar surface area (TPSA) is 60.7 Å². The zero-order valence-electron chi connectivity index (χ0n) is 17.2. The predicted molar refractivity (Wildman–Crippen MR) is 122 cm³/mol. The summed E-state index contributed by atoms with van der Waals surface area (Å²) in [5.74, 6) is 1.49. The Morgan fingerprint density at radius 2 is 1.71 bits per heavy atom. The number of aryl methyl sites for hydroxylation is 1. The summed E-state index contributed by atoms with van der Waals surface area (Å²) >= 11 is 0. The Balaban J connectivity index is 1.52. The Morgan fingerprint density at radius 1 is 0.935 bits per heavy atom. The van der Waals surface area contributed by atoms with Crippen LogP contribution < -0.4 is 14.9 Å². The normalized spacial score (nSPS) is 12.8. The SMILES string of the molecule is Cc1ccccc1N/N=C\c1cn(-c2ccccc2)nc1-c1ccc2c(c1)OCCO2. The van der Waals surface area contributed by atoms with E-state index < -0.39 is 0 Å². The number of nitrogens with one attached hydrogen (secondary N) is 1. The molecule has 0 amide bonds. The van der Waals surface area contributed by atoms with Crippen LogP contribution >= 0.6 is 0 Å². The fourth-order valence-corrected chi connectivity index (χ4v) is 3.48. The molecule has 3 aromatic carbocycles. The predicted octanol–water partition coefficient (Wildman–Crippen LogP) is 5.06. The van der Waals surface area contributed by atoms with Gasteiger partial charge in [0.25, 0.3) is 0 Å². The highest BCUT2D eigenvalue weighted by Gasteiger charge is 2.16. The average molecular weight is 410 g/mol. The highest BCUT2D eigenvalue weighted by molar-refractivity contribution is 5.89. The van der Waals surface area contributed by atoms with E-state index in [-0.39, 0.29) is 0 Å². The van der Waals surface area contributed by atoms with Crippen LogP contribution in [0.3, 0.4) is 0 Å². The number of aromatic nitrogens is 2. The standard InChI is InChI=1S/C25H22N4O2/c1-18-7-5-6-10-22(18)27-26-16-20-17-29(21-8-3-2-4-9-21)28-25(20)19-11-12-23-24(15-19)31-14-13-30-23/h2-12,15-17,27H,13-14H2,1H3/b26-16-. The number of nitrogens with zero attached hydrogens (tertiary/aromatic N) is 3. The number of para-hydroxylation sites is 2. The van der Waals surface area contributed by atoms with E-state index in [0.29, 0.717) is 13.2 Å². The Kier molecular flexibility index (Phi) is 5.10. The first-order chi connectivity index (χ1) is 15.3. The second-order valence-corrected chi connectivity index (χ2v) is 7.26. The van der Waals surface area contributed by atoms with Crippen molar-refractivity contribution in [1.29, 1.82) is 0 Å². The van der Waals surface area contributed by atoms with Gasteiger partial charge in [-0.05, 0) is 48.9 Å². The molecule has 0 saturated carbocycles. The van der Waals surface area contributed by atoms with E-state index >= 15 is 0 Å². The van der Waals surface area contributed by atoms with Crippen molar-refractivity contribution in [3.8, 4) is 28.4 Å². The molecule has 31 heavy (non-hydrogen) atoms. The molecular formula is C25H22N4O2. The number of hydrogen-bond acceptors (Lipinski definition) is 5. The number of anilines is 1. The quantitative estimate of drug-likeness (QED) is 0.369. The van der Waals surface area contributed by atoms with Gasteiger partial charge in [0.15, 0.2) is 11.5 Å². The van der Waals surface area contributed by atoms with Gasteiger partial charge in [-0.15, -0.1) is 0 Å². The van der Waals surface area contributed by atoms with Crippen LogP contribution in [0.2, 0.25) is 0 Å². The summed E-state index contributed by atoms with van der Waals surface area (Å²) in [4.78, 5) is 0. The van der Waals surface area contributed by atoms with Gasteiger partial charge >= 0.3 is 0 Å². The maximum Gasteiger partial charge on any atom is 0.162 e. The van der Waals surface area contributed by atoms with E-state index in [0.717, 1.165) is 45.3 Å². The third-order valence-corrected chi connectivity index (χ3v) is 5.11. The second-order valence-electron chi connectivity index (χ2n) is 7.26. The summed E-state index contributed by atoms with van der Waals surface area (Å²) < 4.78 is 13.3. The number of ether oxygens (including phenoxy) is 2. The monoisotopic (exact) mass is 410 g/mol. The molecule has 5 rings (SSSR count). The number of rotatable bonds is 5. The molecule has 0 aliphatic carbocycles. The largest absolute Gasteiger partial charge is 0.486 e. The van der Waals surface area contributed by atoms with Gasteiger partial charge in [-0.1, -0.05) is 36.4 Å². The summed E-state index contributed by atoms with van der Waals surface area (Å²) in [5, 5.41) is 9.31. The Labute approximate surface area is 180 Å². The molecule has 4 aromatic rings. The molecule has 2 heterocycles. The van der Waals surface area contributed by atoms with Gasteiger partial charge in [0.1, 0.15) is 18.9 Å². The lowest BCUT2D eigenvalue weighted by Gasteiger charge is -2.18. The van der Waals surface area contributed by atoms with Gasteiger partial charge in [0, 0.05) is 17.3 Å². The van der Waals surface area contributed by atoms with Crippen LogP contribution in [0, 0.1) is 6.92 Å². The van der Waals surface area contributed by atoms with E-state index in [1.807, 2.05) is 90.6 Å². The summed E-state index contributed by atoms with van der Waals surface area (Å²) in [5.41, 5.74) is 8.85. The van der Waals surface area contributed by atoms with E-state index in [1.165, 1.54) is 0 Å². The van der Waals surface area contributed by atoms with Crippen LogP contribution in [-0.2, 0) is 0 Å². The summed E-state index contributed by atoms with van der Waals surface area (Å²) in [7, 11) is 0. The lowest BCUT2D eigenvalue weighted by molar-refractivity contribution is 0.171. The molecule has 1 aromatic heterocycles. The maximum atomic E-state index is 5.76. The number of fused-ring (bicyclic) bond motifs is 1. The molecule has 0 spiro atoms. The fraction of sp³-hybridized carbons (Fsp3) is 0.120. The summed E-state index contributed by atoms with van der Waals surface area (Å²) in [6.07, 6.45) is 3.77. The van der Waals surface area contributed by atoms with Gasteiger partial charge in [0.2, 0.25) is 0 Å². The molecule has 1 aliphatic rings. The van der Waals surface area contributed by atoms with Crippen molar-refractivity contribution in [3.05, 3.63) is 90.1 Å². The summed E-state index contributed by atoms with van der Waals surface area (Å²) in [6, 6.07) is 24.0. The van der Waals surface area contributed by atoms with E-state index in [1.54, 1.807) is 6.21 Å². The van der Waals surface area contributed by atoms with Gasteiger partial charge in [-0.3, -0.25) is 5.43 Å². The molecular weight excluding hydrogens is 388 g/mol. The van der Waals surface area contributed by atoms with E-state index in [2.05, 4.69) is 10.5 Å². The molecule has 1 N–H and O–H groups in total. The van der Waals surface area contributed by atoms with Crippen molar-refractivity contribution in [3.63, 3.8) is 0 Å². The molecule has 0 radical (unpaired) electrons. The van der Waals surface area contributed by atoms with Crippen LogP contribution in [0.1, 0.15) is 11.1 Å². The van der Waals surface area contributed by atoms with Crippen molar-refractivity contribution in [2.24, 2.45) is 5.10 Å². The van der Waals surface area contributed by atoms with Crippen LogP contribution in [-0.4, -0.2) is 29.2 Å². The molecule has 0 unspecified atom stereocenters. The third kappa shape index (κ3) is 4.00. The molecule has 0 saturated heterocycles. The molecule has 6 heteroatoms. The van der Waals surface area contributed by atoms with Crippen molar-refractivity contribution in [2.75, 3.05) is 18.6 Å². The average Bonchev–Trinajstić information content (AvgIpc) is 3.25. The van der Waals surface area contributed by atoms with Crippen molar-refractivity contribution in [1.82, 2.24) is 9.78 Å². The Morgan fingerprint density at radius 3 is 2.55 bits per heavy atom. The van der Waals surface area contributed by atoms with Crippen LogP contribution in [0.25, 0.3) is 16.9 Å².